The summed E-state index contributed by atoms with van der Waals surface area (Å²) in [4.78, 5) is 12.0. The largest absolute Gasteiger partial charge is 0.387 e. The Balaban J connectivity index is 2.02. The number of rotatable bonds is 4. The number of amides is 1. The molecule has 2 rings (SSSR count). The summed E-state index contributed by atoms with van der Waals surface area (Å²) >= 11 is 0. The molecule has 0 spiro atoms. The van der Waals surface area contributed by atoms with Crippen LogP contribution in [0.15, 0.2) is 24.3 Å². The Morgan fingerprint density at radius 1 is 1.37 bits per heavy atom. The van der Waals surface area contributed by atoms with Gasteiger partial charge >= 0.3 is 0 Å². The first-order valence-electron chi connectivity index (χ1n) is 6.31. The second-order valence-electron chi connectivity index (χ2n) is 4.64. The Hall–Kier alpha value is -1.56. The van der Waals surface area contributed by atoms with Gasteiger partial charge in [0.05, 0.1) is 16.6 Å². The van der Waals surface area contributed by atoms with E-state index in [2.05, 4.69) is 10.6 Å². The molecule has 1 atom stereocenters. The molecule has 1 aromatic carbocycles. The van der Waals surface area contributed by atoms with Crippen molar-refractivity contribution in [1.29, 1.82) is 0 Å². The fourth-order valence-corrected chi connectivity index (χ4v) is 4.05. The van der Waals surface area contributed by atoms with Crippen LogP contribution in [0.2, 0.25) is 0 Å². The minimum absolute atomic E-state index is 0.194. The first-order valence-corrected chi connectivity index (χ1v) is 8.02. The molecule has 1 saturated heterocycles. The lowest BCUT2D eigenvalue weighted by Crippen LogP contribution is -2.34. The summed E-state index contributed by atoms with van der Waals surface area (Å²) in [7, 11) is -1.27. The molecular weight excluding hydrogens is 264 g/mol. The molecule has 104 valence electrons. The maximum Gasteiger partial charge on any atom is 0.253 e. The minimum atomic E-state index is -3.01. The number of nitrogens with one attached hydrogen (secondary N) is 2. The topological polar surface area (TPSA) is 75.3 Å². The number of para-hydroxylation sites is 1. The van der Waals surface area contributed by atoms with Crippen LogP contribution in [0.1, 0.15) is 23.2 Å². The fourth-order valence-electron chi connectivity index (χ4n) is 2.29. The number of anilines is 1. The quantitative estimate of drug-likeness (QED) is 0.865. The summed E-state index contributed by atoms with van der Waals surface area (Å²) in [5.74, 6) is -0.00673. The maximum atomic E-state index is 12.0. The van der Waals surface area contributed by atoms with Gasteiger partial charge in [-0.3, -0.25) is 4.79 Å². The molecule has 1 aromatic rings. The van der Waals surface area contributed by atoms with Crippen molar-refractivity contribution in [2.45, 2.75) is 18.1 Å². The highest BCUT2D eigenvalue weighted by Crippen LogP contribution is 2.19. The van der Waals surface area contributed by atoms with E-state index in [1.807, 2.05) is 6.07 Å². The Bertz CT molecular complexity index is 569. The van der Waals surface area contributed by atoms with Gasteiger partial charge in [0.2, 0.25) is 0 Å². The molecule has 1 unspecified atom stereocenters. The summed E-state index contributed by atoms with van der Waals surface area (Å²) in [6, 6.07) is 7.14. The van der Waals surface area contributed by atoms with Crippen LogP contribution >= 0.6 is 0 Å². The molecule has 0 radical (unpaired) electrons. The fraction of sp³-hybridized carbons (Fsp3) is 0.462. The zero-order valence-corrected chi connectivity index (χ0v) is 11.7. The molecule has 2 N–H and O–H groups in total. The predicted octanol–water partition coefficient (Wildman–Crippen LogP) is 1.04. The predicted molar refractivity (Wildman–Crippen MR) is 75.1 cm³/mol. The molecule has 0 aromatic heterocycles. The summed E-state index contributed by atoms with van der Waals surface area (Å²) in [6.07, 6.45) is 1.33. The minimum Gasteiger partial charge on any atom is -0.387 e. The number of benzene rings is 1. The normalized spacial score (nSPS) is 21.0. The number of hydrogen-bond acceptors (Lipinski definition) is 4. The van der Waals surface area contributed by atoms with Crippen molar-refractivity contribution < 1.29 is 13.2 Å². The van der Waals surface area contributed by atoms with Crippen molar-refractivity contribution in [2.24, 2.45) is 0 Å². The Morgan fingerprint density at radius 3 is 2.74 bits per heavy atom. The van der Waals surface area contributed by atoms with E-state index in [0.29, 0.717) is 18.4 Å². The van der Waals surface area contributed by atoms with Crippen LogP contribution in [0.4, 0.5) is 5.69 Å². The van der Waals surface area contributed by atoms with Gasteiger partial charge in [-0.1, -0.05) is 12.1 Å². The van der Waals surface area contributed by atoms with Gasteiger partial charge in [-0.2, -0.15) is 0 Å². The van der Waals surface area contributed by atoms with Gasteiger partial charge in [-0.05, 0) is 25.0 Å². The average molecular weight is 282 g/mol. The van der Waals surface area contributed by atoms with E-state index >= 15 is 0 Å². The van der Waals surface area contributed by atoms with E-state index in [1.165, 1.54) is 0 Å². The molecule has 1 aliphatic rings. The Morgan fingerprint density at radius 2 is 2.11 bits per heavy atom. The first kappa shape index (κ1) is 13.9. The first-order chi connectivity index (χ1) is 9.04. The van der Waals surface area contributed by atoms with Crippen LogP contribution < -0.4 is 10.6 Å². The lowest BCUT2D eigenvalue weighted by molar-refractivity contribution is 0.0954. The molecule has 6 heteroatoms. The van der Waals surface area contributed by atoms with Crippen LogP contribution in [0.5, 0.6) is 0 Å². The van der Waals surface area contributed by atoms with E-state index in [1.54, 1.807) is 25.2 Å². The number of carbonyl (C=O) groups is 1. The van der Waals surface area contributed by atoms with Crippen molar-refractivity contribution in [3.05, 3.63) is 29.8 Å². The van der Waals surface area contributed by atoms with Crippen molar-refractivity contribution in [2.75, 3.05) is 24.7 Å². The lowest BCUT2D eigenvalue weighted by atomic mass is 10.1. The van der Waals surface area contributed by atoms with Crippen molar-refractivity contribution in [3.8, 4) is 0 Å². The molecule has 19 heavy (non-hydrogen) atoms. The van der Waals surface area contributed by atoms with Gasteiger partial charge in [0.25, 0.3) is 5.91 Å². The van der Waals surface area contributed by atoms with E-state index in [-0.39, 0.29) is 18.2 Å². The number of hydrogen-bond donors (Lipinski definition) is 2. The Labute approximate surface area is 113 Å². The highest BCUT2D eigenvalue weighted by Gasteiger charge is 2.31. The van der Waals surface area contributed by atoms with E-state index in [9.17, 15) is 13.2 Å². The second-order valence-corrected chi connectivity index (χ2v) is 7.04. The highest BCUT2D eigenvalue weighted by molar-refractivity contribution is 7.92. The molecule has 0 aliphatic carbocycles. The zero-order chi connectivity index (χ0) is 13.9. The molecule has 0 saturated carbocycles. The molecule has 1 heterocycles. The van der Waals surface area contributed by atoms with E-state index in [4.69, 9.17) is 0 Å². The average Bonchev–Trinajstić information content (AvgIpc) is 2.75. The van der Waals surface area contributed by atoms with Crippen LogP contribution in [0, 0.1) is 0 Å². The molecule has 1 aliphatic heterocycles. The van der Waals surface area contributed by atoms with Gasteiger partial charge in [-0.15, -0.1) is 0 Å². The second kappa shape index (κ2) is 5.61. The molecule has 0 bridgehead atoms. The number of sulfone groups is 1. The third-order valence-electron chi connectivity index (χ3n) is 3.39. The maximum absolute atomic E-state index is 12.0. The van der Waals surface area contributed by atoms with E-state index in [0.717, 1.165) is 5.69 Å². The van der Waals surface area contributed by atoms with Crippen molar-refractivity contribution in [3.63, 3.8) is 0 Å². The van der Waals surface area contributed by atoms with Crippen LogP contribution in [-0.4, -0.2) is 38.9 Å². The van der Waals surface area contributed by atoms with Crippen molar-refractivity contribution >= 4 is 21.4 Å². The van der Waals surface area contributed by atoms with Gasteiger partial charge in [0, 0.05) is 19.3 Å². The standard InChI is InChI=1S/C13H18N2O3S/c1-14-12-7-3-2-6-11(12)13(16)15-9-10-5-4-8-19(10,17)18/h2-3,6-7,10,14H,4-5,8-9H2,1H3,(H,15,16). The molecule has 1 amide bonds. The summed E-state index contributed by atoms with van der Waals surface area (Å²) < 4.78 is 23.3. The van der Waals surface area contributed by atoms with Crippen LogP contribution in [0.25, 0.3) is 0 Å². The SMILES string of the molecule is CNc1ccccc1C(=O)NCC1CCCS1(=O)=O. The van der Waals surface area contributed by atoms with E-state index < -0.39 is 15.1 Å². The zero-order valence-electron chi connectivity index (χ0n) is 10.8. The van der Waals surface area contributed by atoms with Gasteiger partial charge < -0.3 is 10.6 Å². The summed E-state index contributed by atoms with van der Waals surface area (Å²) in [6.45, 7) is 0.194. The molecular formula is C13H18N2O3S. The smallest absolute Gasteiger partial charge is 0.253 e. The van der Waals surface area contributed by atoms with Crippen LogP contribution in [-0.2, 0) is 9.84 Å². The monoisotopic (exact) mass is 282 g/mol. The van der Waals surface area contributed by atoms with Crippen LogP contribution in [0.3, 0.4) is 0 Å². The number of carbonyl (C=O) groups excluding carboxylic acids is 1. The lowest BCUT2D eigenvalue weighted by Gasteiger charge is -2.12. The third-order valence-corrected chi connectivity index (χ3v) is 5.67. The van der Waals surface area contributed by atoms with Gasteiger partial charge in [0.1, 0.15) is 0 Å². The third kappa shape index (κ3) is 3.07. The summed E-state index contributed by atoms with van der Waals surface area (Å²) in [5, 5.41) is 5.22. The molecule has 1 fully saturated rings. The van der Waals surface area contributed by atoms with Gasteiger partial charge in [-0.25, -0.2) is 8.42 Å². The highest BCUT2D eigenvalue weighted by atomic mass is 32.2. The summed E-state index contributed by atoms with van der Waals surface area (Å²) in [5.41, 5.74) is 1.26. The molecule has 5 nitrogen and oxygen atoms in total. The van der Waals surface area contributed by atoms with Crippen molar-refractivity contribution in [1.82, 2.24) is 5.32 Å². The Kier molecular flexibility index (Phi) is 4.09. The van der Waals surface area contributed by atoms with Gasteiger partial charge in [0.15, 0.2) is 9.84 Å².